The average Bonchev–Trinajstić information content (AvgIpc) is 2.18. The Morgan fingerprint density at radius 1 is 1.41 bits per heavy atom. The van der Waals surface area contributed by atoms with E-state index in [2.05, 4.69) is 20.7 Å². The first-order chi connectivity index (χ1) is 7.74. The quantitative estimate of drug-likeness (QED) is 0.686. The highest BCUT2D eigenvalue weighted by molar-refractivity contribution is 9.08. The third-order valence-electron chi connectivity index (χ3n) is 1.65. The molecule has 0 saturated carbocycles. The van der Waals surface area contributed by atoms with Gasteiger partial charge < -0.3 is 9.72 Å². The van der Waals surface area contributed by atoms with Gasteiger partial charge >= 0.3 is 6.36 Å². The molecule has 9 heteroatoms. The molecule has 0 amide bonds. The molecule has 96 valence electrons. The maximum Gasteiger partial charge on any atom is 0.573 e. The molecule has 0 saturated heterocycles. The summed E-state index contributed by atoms with van der Waals surface area (Å²) in [5.41, 5.74) is -2.42. The van der Waals surface area contributed by atoms with Gasteiger partial charge in [-0.15, -0.1) is 13.2 Å². The Hall–Kier alpha value is -1.12. The van der Waals surface area contributed by atoms with Crippen molar-refractivity contribution in [2.75, 3.05) is 0 Å². The number of nitrogens with one attached hydrogen (secondary N) is 1. The molecule has 1 aromatic heterocycles. The van der Waals surface area contributed by atoms with Gasteiger partial charge in [-0.3, -0.25) is 4.79 Å². The van der Waals surface area contributed by atoms with Crippen molar-refractivity contribution in [1.29, 1.82) is 0 Å². The van der Waals surface area contributed by atoms with Crippen LogP contribution in [-0.2, 0) is 5.33 Å². The smallest absolute Gasteiger partial charge is 0.399 e. The number of pyridine rings is 1. The first kappa shape index (κ1) is 13.9. The van der Waals surface area contributed by atoms with Crippen LogP contribution in [0.2, 0.25) is 0 Å². The van der Waals surface area contributed by atoms with Crippen molar-refractivity contribution >= 4 is 15.9 Å². The Bertz CT molecular complexity index is 456. The van der Waals surface area contributed by atoms with Gasteiger partial charge in [-0.25, -0.2) is 8.78 Å². The van der Waals surface area contributed by atoms with Crippen LogP contribution in [0.15, 0.2) is 10.9 Å². The number of rotatable bonds is 3. The van der Waals surface area contributed by atoms with E-state index in [4.69, 9.17) is 0 Å². The number of aromatic amines is 1. The van der Waals surface area contributed by atoms with Crippen molar-refractivity contribution in [3.05, 3.63) is 27.7 Å². The van der Waals surface area contributed by atoms with E-state index in [-0.39, 0.29) is 11.0 Å². The minimum absolute atomic E-state index is 0.0221. The first-order valence-corrected chi connectivity index (χ1v) is 5.22. The van der Waals surface area contributed by atoms with Gasteiger partial charge in [0.2, 0.25) is 11.2 Å². The third-order valence-corrected chi connectivity index (χ3v) is 2.25. The molecule has 1 aromatic rings. The summed E-state index contributed by atoms with van der Waals surface area (Å²) >= 11 is 2.88. The Morgan fingerprint density at radius 3 is 2.41 bits per heavy atom. The van der Waals surface area contributed by atoms with Gasteiger partial charge in [0.05, 0.1) is 0 Å². The normalized spacial score (nSPS) is 11.9. The largest absolute Gasteiger partial charge is 0.573 e. The highest BCUT2D eigenvalue weighted by atomic mass is 79.9. The van der Waals surface area contributed by atoms with Gasteiger partial charge in [0.25, 0.3) is 6.43 Å². The van der Waals surface area contributed by atoms with Gasteiger partial charge in [0, 0.05) is 17.1 Å². The van der Waals surface area contributed by atoms with E-state index < -0.39 is 29.7 Å². The Balaban J connectivity index is 3.32. The lowest BCUT2D eigenvalue weighted by Gasteiger charge is -2.12. The summed E-state index contributed by atoms with van der Waals surface area (Å²) in [7, 11) is 0. The fourth-order valence-electron chi connectivity index (χ4n) is 1.07. The molecule has 0 aliphatic rings. The molecule has 17 heavy (non-hydrogen) atoms. The maximum atomic E-state index is 12.5. The fourth-order valence-corrected chi connectivity index (χ4v) is 1.37. The number of ether oxygens (including phenoxy) is 1. The highest BCUT2D eigenvalue weighted by Gasteiger charge is 2.35. The topological polar surface area (TPSA) is 42.1 Å². The standard InChI is InChI=1S/C8H5BrF5NO2/c9-2-3-1-4(16)6(17-8(12,13)14)5(15-3)7(10)11/h1,7H,2H2,(H,15,16). The summed E-state index contributed by atoms with van der Waals surface area (Å²) in [6.07, 6.45) is -8.48. The molecule has 1 N–H and O–H groups in total. The van der Waals surface area contributed by atoms with E-state index in [1.807, 2.05) is 4.98 Å². The molecule has 0 fully saturated rings. The summed E-state index contributed by atoms with van der Waals surface area (Å²) in [4.78, 5) is 13.2. The molecule has 0 bridgehead atoms. The Labute approximate surface area is 99.7 Å². The molecule has 1 rings (SSSR count). The second-order valence-corrected chi connectivity index (χ2v) is 3.44. The van der Waals surface area contributed by atoms with Crippen LogP contribution in [0.3, 0.4) is 0 Å². The number of hydrogen-bond acceptors (Lipinski definition) is 2. The van der Waals surface area contributed by atoms with E-state index in [1.165, 1.54) is 0 Å². The van der Waals surface area contributed by atoms with Crippen LogP contribution in [0, 0.1) is 0 Å². The van der Waals surface area contributed by atoms with Crippen LogP contribution in [0.4, 0.5) is 22.0 Å². The molecular weight excluding hydrogens is 317 g/mol. The monoisotopic (exact) mass is 321 g/mol. The molecular formula is C8H5BrF5NO2. The third kappa shape index (κ3) is 3.69. The molecule has 0 radical (unpaired) electrons. The van der Waals surface area contributed by atoms with Crippen molar-refractivity contribution in [3.8, 4) is 5.75 Å². The number of H-pyrrole nitrogens is 1. The molecule has 0 aliphatic heterocycles. The lowest BCUT2D eigenvalue weighted by atomic mass is 10.3. The number of aromatic nitrogens is 1. The van der Waals surface area contributed by atoms with Crippen molar-refractivity contribution in [1.82, 2.24) is 4.98 Å². The highest BCUT2D eigenvalue weighted by Crippen LogP contribution is 2.29. The zero-order valence-corrected chi connectivity index (χ0v) is 9.53. The van der Waals surface area contributed by atoms with E-state index >= 15 is 0 Å². The van der Waals surface area contributed by atoms with Crippen molar-refractivity contribution in [3.63, 3.8) is 0 Å². The summed E-state index contributed by atoms with van der Waals surface area (Å²) in [6, 6.07) is 0.752. The number of hydrogen-bond donors (Lipinski definition) is 1. The molecule has 3 nitrogen and oxygen atoms in total. The number of halogens is 6. The van der Waals surface area contributed by atoms with Crippen LogP contribution in [0.25, 0.3) is 0 Å². The van der Waals surface area contributed by atoms with Crippen molar-refractivity contribution in [2.24, 2.45) is 0 Å². The molecule has 1 heterocycles. The van der Waals surface area contributed by atoms with Gasteiger partial charge in [0.15, 0.2) is 0 Å². The predicted molar refractivity (Wildman–Crippen MR) is 51.3 cm³/mol. The SMILES string of the molecule is O=c1cc(CBr)[nH]c(C(F)F)c1OC(F)(F)F. The Kier molecular flexibility index (Phi) is 4.12. The van der Waals surface area contributed by atoms with Crippen LogP contribution >= 0.6 is 15.9 Å². The first-order valence-electron chi connectivity index (χ1n) is 4.10. The lowest BCUT2D eigenvalue weighted by Crippen LogP contribution is -2.24. The molecule has 0 atom stereocenters. The summed E-state index contributed by atoms with van der Waals surface area (Å²) in [5.74, 6) is -1.43. The van der Waals surface area contributed by atoms with E-state index in [0.717, 1.165) is 6.07 Å². The summed E-state index contributed by atoms with van der Waals surface area (Å²) < 4.78 is 64.0. The number of alkyl halides is 6. The summed E-state index contributed by atoms with van der Waals surface area (Å²) in [6.45, 7) is 0. The second-order valence-electron chi connectivity index (χ2n) is 2.88. The van der Waals surface area contributed by atoms with Crippen molar-refractivity contribution in [2.45, 2.75) is 18.1 Å². The van der Waals surface area contributed by atoms with E-state index in [0.29, 0.717) is 0 Å². The maximum absolute atomic E-state index is 12.5. The molecule has 0 spiro atoms. The van der Waals surface area contributed by atoms with Crippen LogP contribution in [0.5, 0.6) is 5.75 Å². The van der Waals surface area contributed by atoms with Crippen LogP contribution in [0.1, 0.15) is 17.8 Å². The van der Waals surface area contributed by atoms with Gasteiger partial charge in [-0.05, 0) is 0 Å². The molecule has 0 aromatic carbocycles. The minimum atomic E-state index is -5.20. The van der Waals surface area contributed by atoms with E-state index in [1.54, 1.807) is 0 Å². The zero-order valence-electron chi connectivity index (χ0n) is 7.95. The molecule has 0 aliphatic carbocycles. The summed E-state index contributed by atoms with van der Waals surface area (Å²) in [5, 5.41) is 0.0221. The molecule has 0 unspecified atom stereocenters. The second kappa shape index (κ2) is 5.03. The zero-order chi connectivity index (χ0) is 13.2. The minimum Gasteiger partial charge on any atom is -0.399 e. The van der Waals surface area contributed by atoms with Gasteiger partial charge in [-0.1, -0.05) is 15.9 Å². The Morgan fingerprint density at radius 2 is 2.00 bits per heavy atom. The van der Waals surface area contributed by atoms with E-state index in [9.17, 15) is 26.7 Å². The fraction of sp³-hybridized carbons (Fsp3) is 0.375. The van der Waals surface area contributed by atoms with Crippen LogP contribution < -0.4 is 10.2 Å². The predicted octanol–water partition coefficient (Wildman–Crippen LogP) is 3.11. The average molecular weight is 322 g/mol. The van der Waals surface area contributed by atoms with Gasteiger partial charge in [0.1, 0.15) is 5.69 Å². The van der Waals surface area contributed by atoms with Gasteiger partial charge in [-0.2, -0.15) is 0 Å². The van der Waals surface area contributed by atoms with Crippen LogP contribution in [-0.4, -0.2) is 11.3 Å². The lowest BCUT2D eigenvalue weighted by molar-refractivity contribution is -0.275. The van der Waals surface area contributed by atoms with Crippen molar-refractivity contribution < 1.29 is 26.7 Å².